The molecule has 25 heavy (non-hydrogen) atoms. The van der Waals surface area contributed by atoms with E-state index in [1.54, 1.807) is 36.7 Å². The summed E-state index contributed by atoms with van der Waals surface area (Å²) >= 11 is 0. The Morgan fingerprint density at radius 2 is 1.76 bits per heavy atom. The first-order chi connectivity index (χ1) is 12.0. The molecule has 2 heterocycles. The molecule has 3 aromatic rings. The standard InChI is InChI=1S/C19H13FN2O3/c20-14-2-5-15(6-3-14)22-12-17(19(24)25)18(23)11-16(22)4-1-13-7-9-21-10-8-13/h1-12H,(H,24,25)/b4-1+. The highest BCUT2D eigenvalue weighted by Crippen LogP contribution is 2.15. The van der Waals surface area contributed by atoms with Crippen LogP contribution < -0.4 is 5.43 Å². The summed E-state index contributed by atoms with van der Waals surface area (Å²) in [5.74, 6) is -1.72. The number of benzene rings is 1. The molecule has 0 bridgehead atoms. The van der Waals surface area contributed by atoms with E-state index in [1.165, 1.54) is 41.1 Å². The molecule has 0 radical (unpaired) electrons. The van der Waals surface area contributed by atoms with Crippen molar-refractivity contribution in [2.24, 2.45) is 0 Å². The molecule has 124 valence electrons. The monoisotopic (exact) mass is 336 g/mol. The summed E-state index contributed by atoms with van der Waals surface area (Å²) in [4.78, 5) is 27.2. The predicted molar refractivity (Wildman–Crippen MR) is 92.1 cm³/mol. The van der Waals surface area contributed by atoms with Crippen molar-refractivity contribution in [3.63, 3.8) is 0 Å². The third-order valence-electron chi connectivity index (χ3n) is 3.57. The average Bonchev–Trinajstić information content (AvgIpc) is 2.61. The molecule has 0 saturated carbocycles. The molecular weight excluding hydrogens is 323 g/mol. The van der Waals surface area contributed by atoms with E-state index in [9.17, 15) is 19.1 Å². The van der Waals surface area contributed by atoms with Gasteiger partial charge < -0.3 is 9.67 Å². The Balaban J connectivity index is 2.14. The van der Waals surface area contributed by atoms with E-state index >= 15 is 0 Å². The van der Waals surface area contributed by atoms with Gasteiger partial charge in [-0.05, 0) is 48.0 Å². The number of hydrogen-bond donors (Lipinski definition) is 1. The van der Waals surface area contributed by atoms with Gasteiger partial charge in [0.1, 0.15) is 11.4 Å². The van der Waals surface area contributed by atoms with Crippen molar-refractivity contribution in [1.29, 1.82) is 0 Å². The first-order valence-electron chi connectivity index (χ1n) is 7.38. The Morgan fingerprint density at radius 3 is 2.40 bits per heavy atom. The fourth-order valence-corrected chi connectivity index (χ4v) is 2.32. The first kappa shape index (κ1) is 16.3. The minimum atomic E-state index is -1.31. The number of carboxylic acid groups (broad SMARTS) is 1. The van der Waals surface area contributed by atoms with Crippen LogP contribution in [0.15, 0.2) is 65.8 Å². The summed E-state index contributed by atoms with van der Waals surface area (Å²) in [6, 6.07) is 10.4. The molecule has 5 nitrogen and oxygen atoms in total. The van der Waals surface area contributed by atoms with Gasteiger partial charge in [-0.2, -0.15) is 0 Å². The van der Waals surface area contributed by atoms with Crippen molar-refractivity contribution in [3.8, 4) is 5.69 Å². The van der Waals surface area contributed by atoms with E-state index in [0.717, 1.165) is 5.56 Å². The predicted octanol–water partition coefficient (Wildman–Crippen LogP) is 3.24. The zero-order chi connectivity index (χ0) is 17.8. The van der Waals surface area contributed by atoms with Gasteiger partial charge in [-0.3, -0.25) is 9.78 Å². The van der Waals surface area contributed by atoms with Crippen LogP contribution in [0.4, 0.5) is 4.39 Å². The van der Waals surface area contributed by atoms with Gasteiger partial charge in [0.25, 0.3) is 0 Å². The van der Waals surface area contributed by atoms with Crippen LogP contribution >= 0.6 is 0 Å². The summed E-state index contributed by atoms with van der Waals surface area (Å²) in [6.45, 7) is 0. The second-order valence-electron chi connectivity index (χ2n) is 5.24. The van der Waals surface area contributed by atoms with E-state index in [-0.39, 0.29) is 5.56 Å². The van der Waals surface area contributed by atoms with E-state index in [1.807, 2.05) is 0 Å². The van der Waals surface area contributed by atoms with Crippen LogP contribution in [0, 0.1) is 5.82 Å². The van der Waals surface area contributed by atoms with Gasteiger partial charge in [-0.25, -0.2) is 9.18 Å². The number of carboxylic acids is 1. The third-order valence-corrected chi connectivity index (χ3v) is 3.57. The van der Waals surface area contributed by atoms with E-state index < -0.39 is 17.2 Å². The van der Waals surface area contributed by atoms with E-state index in [4.69, 9.17) is 0 Å². The molecule has 0 amide bonds. The molecule has 6 heteroatoms. The fourth-order valence-electron chi connectivity index (χ4n) is 2.32. The van der Waals surface area contributed by atoms with Gasteiger partial charge in [0, 0.05) is 36.0 Å². The Morgan fingerprint density at radius 1 is 1.08 bits per heavy atom. The number of halogens is 1. The molecule has 3 rings (SSSR count). The molecule has 0 atom stereocenters. The number of nitrogens with zero attached hydrogens (tertiary/aromatic N) is 2. The Labute approximate surface area is 142 Å². The number of aromatic nitrogens is 2. The van der Waals surface area contributed by atoms with Crippen LogP contribution in [0.3, 0.4) is 0 Å². The van der Waals surface area contributed by atoms with Crippen LogP contribution in [0.25, 0.3) is 17.8 Å². The zero-order valence-corrected chi connectivity index (χ0v) is 13.0. The third kappa shape index (κ3) is 3.69. The lowest BCUT2D eigenvalue weighted by atomic mass is 10.1. The lowest BCUT2D eigenvalue weighted by Gasteiger charge is -2.12. The minimum absolute atomic E-state index is 0.356. The molecule has 0 fully saturated rings. The highest BCUT2D eigenvalue weighted by Gasteiger charge is 2.12. The van der Waals surface area contributed by atoms with Crippen LogP contribution in [0.5, 0.6) is 0 Å². The normalized spacial score (nSPS) is 10.9. The largest absolute Gasteiger partial charge is 0.477 e. The maximum Gasteiger partial charge on any atom is 0.341 e. The summed E-state index contributed by atoms with van der Waals surface area (Å²) in [6.07, 6.45) is 7.98. The second kappa shape index (κ2) is 6.92. The van der Waals surface area contributed by atoms with Crippen molar-refractivity contribution in [2.45, 2.75) is 0 Å². The minimum Gasteiger partial charge on any atom is -0.477 e. The van der Waals surface area contributed by atoms with Gasteiger partial charge in [0.15, 0.2) is 5.43 Å². The summed E-state index contributed by atoms with van der Waals surface area (Å²) in [7, 11) is 0. The van der Waals surface area contributed by atoms with Crippen LogP contribution in [0.1, 0.15) is 21.6 Å². The van der Waals surface area contributed by atoms with Crippen LogP contribution in [-0.4, -0.2) is 20.6 Å². The molecule has 1 aromatic carbocycles. The summed E-state index contributed by atoms with van der Waals surface area (Å²) in [5, 5.41) is 9.18. The first-order valence-corrected chi connectivity index (χ1v) is 7.38. The number of hydrogen-bond acceptors (Lipinski definition) is 3. The average molecular weight is 336 g/mol. The molecule has 1 N–H and O–H groups in total. The lowest BCUT2D eigenvalue weighted by molar-refractivity contribution is 0.0695. The Hall–Kier alpha value is -3.54. The smallest absolute Gasteiger partial charge is 0.341 e. The molecule has 0 unspecified atom stereocenters. The second-order valence-corrected chi connectivity index (χ2v) is 5.24. The highest BCUT2D eigenvalue weighted by atomic mass is 19.1. The van der Waals surface area contributed by atoms with Crippen molar-refractivity contribution < 1.29 is 14.3 Å². The quantitative estimate of drug-likeness (QED) is 0.794. The zero-order valence-electron chi connectivity index (χ0n) is 13.0. The topological polar surface area (TPSA) is 72.2 Å². The van der Waals surface area contributed by atoms with E-state index in [0.29, 0.717) is 11.4 Å². The molecule has 0 aliphatic rings. The Kier molecular flexibility index (Phi) is 4.52. The molecule has 0 saturated heterocycles. The van der Waals surface area contributed by atoms with Gasteiger partial charge in [0.2, 0.25) is 0 Å². The molecule has 0 aliphatic heterocycles. The summed E-state index contributed by atoms with van der Waals surface area (Å²) in [5.41, 5.74) is 0.928. The van der Waals surface area contributed by atoms with Crippen LogP contribution in [-0.2, 0) is 0 Å². The maximum atomic E-state index is 13.2. The maximum absolute atomic E-state index is 13.2. The SMILES string of the molecule is O=C(O)c1cn(-c2ccc(F)cc2)c(/C=C/c2ccncc2)cc1=O. The molecule has 0 aliphatic carbocycles. The van der Waals surface area contributed by atoms with Gasteiger partial charge in [-0.1, -0.05) is 6.08 Å². The fraction of sp³-hybridized carbons (Fsp3) is 0. The van der Waals surface area contributed by atoms with Gasteiger partial charge in [-0.15, -0.1) is 0 Å². The van der Waals surface area contributed by atoms with Crippen molar-refractivity contribution >= 4 is 18.1 Å². The molecule has 2 aromatic heterocycles. The Bertz CT molecular complexity index is 993. The van der Waals surface area contributed by atoms with Gasteiger partial charge in [0.05, 0.1) is 0 Å². The number of carbonyl (C=O) groups is 1. The highest BCUT2D eigenvalue weighted by molar-refractivity contribution is 5.87. The number of aromatic carboxylic acids is 1. The van der Waals surface area contributed by atoms with Crippen molar-refractivity contribution in [2.75, 3.05) is 0 Å². The van der Waals surface area contributed by atoms with Gasteiger partial charge >= 0.3 is 5.97 Å². The number of rotatable bonds is 4. The summed E-state index contributed by atoms with van der Waals surface area (Å²) < 4.78 is 14.7. The van der Waals surface area contributed by atoms with Crippen molar-refractivity contribution in [1.82, 2.24) is 9.55 Å². The number of pyridine rings is 2. The van der Waals surface area contributed by atoms with Crippen molar-refractivity contribution in [3.05, 3.63) is 93.9 Å². The van der Waals surface area contributed by atoms with E-state index in [2.05, 4.69) is 4.98 Å². The van der Waals surface area contributed by atoms with Crippen LogP contribution in [0.2, 0.25) is 0 Å². The molecular formula is C19H13FN2O3. The molecule has 0 spiro atoms. The lowest BCUT2D eigenvalue weighted by Crippen LogP contribution is -2.18.